The largest absolute Gasteiger partial charge is 0.377 e. The Labute approximate surface area is 125 Å². The normalized spacial score (nSPS) is 20.4. The molecule has 0 amide bonds. The first-order chi connectivity index (χ1) is 9.49. The number of nitro groups is 1. The molecule has 1 fully saturated rings. The molecule has 2 unspecified atom stereocenters. The van der Waals surface area contributed by atoms with E-state index >= 15 is 0 Å². The van der Waals surface area contributed by atoms with E-state index in [-0.39, 0.29) is 21.9 Å². The summed E-state index contributed by atoms with van der Waals surface area (Å²) in [6.45, 7) is 3.86. The number of piperidine rings is 1. The predicted octanol–water partition coefficient (Wildman–Crippen LogP) is 3.30. The highest BCUT2D eigenvalue weighted by atomic mass is 79.9. The number of nitrogens with one attached hydrogen (secondary N) is 2. The van der Waals surface area contributed by atoms with Crippen LogP contribution in [0.2, 0.25) is 0 Å². The van der Waals surface area contributed by atoms with Crippen LogP contribution in [0.3, 0.4) is 0 Å². The van der Waals surface area contributed by atoms with Crippen molar-refractivity contribution in [1.82, 2.24) is 5.32 Å². The minimum Gasteiger partial charge on any atom is -0.377 e. The van der Waals surface area contributed by atoms with E-state index in [0.717, 1.165) is 25.9 Å². The molecule has 1 aliphatic rings. The number of benzene rings is 1. The molecule has 0 saturated carbocycles. The number of anilines is 1. The molecule has 2 N–H and O–H groups in total. The third kappa shape index (κ3) is 3.46. The summed E-state index contributed by atoms with van der Waals surface area (Å²) in [5, 5.41) is 17.4. The van der Waals surface area contributed by atoms with Crippen molar-refractivity contribution in [3.63, 3.8) is 0 Å². The smallest absolute Gasteiger partial charge is 0.293 e. The molecular weight excluding hydrogens is 329 g/mol. The average Bonchev–Trinajstić information content (AvgIpc) is 2.43. The molecule has 0 spiro atoms. The van der Waals surface area contributed by atoms with E-state index in [1.165, 1.54) is 12.1 Å². The van der Waals surface area contributed by atoms with Gasteiger partial charge in [-0.15, -0.1) is 0 Å². The first-order valence-electron chi connectivity index (χ1n) is 6.59. The van der Waals surface area contributed by atoms with Crippen molar-refractivity contribution in [2.24, 2.45) is 5.92 Å². The summed E-state index contributed by atoms with van der Waals surface area (Å²) >= 11 is 2.97. The minimum atomic E-state index is -0.507. The summed E-state index contributed by atoms with van der Waals surface area (Å²) in [6, 6.07) is 2.42. The van der Waals surface area contributed by atoms with Crippen LogP contribution in [0.15, 0.2) is 16.6 Å². The van der Waals surface area contributed by atoms with Gasteiger partial charge in [-0.25, -0.2) is 4.39 Å². The molecule has 7 heteroatoms. The molecule has 1 aromatic rings. The van der Waals surface area contributed by atoms with Gasteiger partial charge in [0, 0.05) is 18.2 Å². The van der Waals surface area contributed by atoms with Crippen LogP contribution in [-0.4, -0.2) is 24.1 Å². The van der Waals surface area contributed by atoms with E-state index in [4.69, 9.17) is 0 Å². The average molecular weight is 346 g/mol. The lowest BCUT2D eigenvalue weighted by atomic mass is 9.92. The van der Waals surface area contributed by atoms with Crippen molar-refractivity contribution < 1.29 is 9.31 Å². The second-order valence-electron chi connectivity index (χ2n) is 5.08. The zero-order chi connectivity index (χ0) is 14.7. The molecule has 1 saturated heterocycles. The highest BCUT2D eigenvalue weighted by Crippen LogP contribution is 2.32. The molecule has 2 rings (SSSR count). The first kappa shape index (κ1) is 15.2. The van der Waals surface area contributed by atoms with Crippen LogP contribution in [0.5, 0.6) is 0 Å². The van der Waals surface area contributed by atoms with Gasteiger partial charge in [0.05, 0.1) is 9.40 Å². The summed E-state index contributed by atoms with van der Waals surface area (Å²) in [7, 11) is 0. The van der Waals surface area contributed by atoms with Crippen molar-refractivity contribution in [2.75, 3.05) is 18.4 Å². The lowest BCUT2D eigenvalue weighted by Crippen LogP contribution is -2.38. The first-order valence-corrected chi connectivity index (χ1v) is 7.39. The number of hydrogen-bond acceptors (Lipinski definition) is 4. The van der Waals surface area contributed by atoms with E-state index in [0.29, 0.717) is 5.92 Å². The molecule has 20 heavy (non-hydrogen) atoms. The van der Waals surface area contributed by atoms with Crippen LogP contribution in [-0.2, 0) is 0 Å². The van der Waals surface area contributed by atoms with Crippen LogP contribution < -0.4 is 10.6 Å². The highest BCUT2D eigenvalue weighted by molar-refractivity contribution is 9.10. The minimum absolute atomic E-state index is 0.0436. The van der Waals surface area contributed by atoms with Crippen LogP contribution in [0.25, 0.3) is 0 Å². The van der Waals surface area contributed by atoms with Gasteiger partial charge in [-0.3, -0.25) is 10.1 Å². The van der Waals surface area contributed by atoms with E-state index < -0.39 is 10.7 Å². The van der Waals surface area contributed by atoms with Crippen LogP contribution in [0.4, 0.5) is 15.8 Å². The fourth-order valence-corrected chi connectivity index (χ4v) is 2.80. The molecule has 2 atom stereocenters. The van der Waals surface area contributed by atoms with Gasteiger partial charge < -0.3 is 10.6 Å². The van der Waals surface area contributed by atoms with E-state index in [2.05, 4.69) is 26.6 Å². The van der Waals surface area contributed by atoms with Gasteiger partial charge in [-0.2, -0.15) is 0 Å². The standard InChI is InChI=1S/C13H17BrFN3O2/c1-8(9-3-2-4-16-7-9)17-12-6-11(15)10(14)5-13(12)18(19)20/h5-6,8-9,16-17H,2-4,7H2,1H3. The topological polar surface area (TPSA) is 67.2 Å². The maximum Gasteiger partial charge on any atom is 0.293 e. The number of rotatable bonds is 4. The van der Waals surface area contributed by atoms with Crippen molar-refractivity contribution in [3.8, 4) is 0 Å². The summed E-state index contributed by atoms with van der Waals surface area (Å²) < 4.78 is 13.7. The van der Waals surface area contributed by atoms with E-state index in [9.17, 15) is 14.5 Å². The molecule has 0 bridgehead atoms. The fourth-order valence-electron chi connectivity index (χ4n) is 2.47. The van der Waals surface area contributed by atoms with Crippen molar-refractivity contribution in [1.29, 1.82) is 0 Å². The molecule has 1 aliphatic heterocycles. The van der Waals surface area contributed by atoms with Crippen molar-refractivity contribution >= 4 is 27.3 Å². The van der Waals surface area contributed by atoms with Crippen LogP contribution in [0.1, 0.15) is 19.8 Å². The van der Waals surface area contributed by atoms with E-state index in [1.807, 2.05) is 6.92 Å². The monoisotopic (exact) mass is 345 g/mol. The highest BCUT2D eigenvalue weighted by Gasteiger charge is 2.24. The Morgan fingerprint density at radius 3 is 2.95 bits per heavy atom. The second kappa shape index (κ2) is 6.49. The Morgan fingerprint density at radius 2 is 2.35 bits per heavy atom. The zero-order valence-electron chi connectivity index (χ0n) is 11.2. The van der Waals surface area contributed by atoms with Crippen molar-refractivity contribution in [2.45, 2.75) is 25.8 Å². The fraction of sp³-hybridized carbons (Fsp3) is 0.538. The Kier molecular flexibility index (Phi) is 4.93. The molecule has 5 nitrogen and oxygen atoms in total. The van der Waals surface area contributed by atoms with E-state index in [1.54, 1.807) is 0 Å². The van der Waals surface area contributed by atoms with Gasteiger partial charge in [0.2, 0.25) is 0 Å². The van der Waals surface area contributed by atoms with Crippen molar-refractivity contribution in [3.05, 3.63) is 32.5 Å². The molecule has 0 aromatic heterocycles. The number of nitrogens with zero attached hydrogens (tertiary/aromatic N) is 1. The molecule has 1 aromatic carbocycles. The SMILES string of the molecule is CC(Nc1cc(F)c(Br)cc1[N+](=O)[O-])C1CCCNC1. The quantitative estimate of drug-likeness (QED) is 0.649. The summed E-state index contributed by atoms with van der Waals surface area (Å²) in [5.74, 6) is -0.123. The zero-order valence-corrected chi connectivity index (χ0v) is 12.7. The Morgan fingerprint density at radius 1 is 1.60 bits per heavy atom. The van der Waals surface area contributed by atoms with Gasteiger partial charge in [0.1, 0.15) is 11.5 Å². The Hall–Kier alpha value is -1.21. The summed E-state index contributed by atoms with van der Waals surface area (Å²) in [6.07, 6.45) is 2.15. The number of hydrogen-bond donors (Lipinski definition) is 2. The Balaban J connectivity index is 2.19. The summed E-state index contributed by atoms with van der Waals surface area (Å²) in [5.41, 5.74) is 0.114. The lowest BCUT2D eigenvalue weighted by molar-refractivity contribution is -0.384. The molecular formula is C13H17BrFN3O2. The molecule has 1 heterocycles. The number of halogens is 2. The van der Waals surface area contributed by atoms with Gasteiger partial charge in [0.15, 0.2) is 0 Å². The summed E-state index contributed by atoms with van der Waals surface area (Å²) in [4.78, 5) is 10.6. The Bertz CT molecular complexity index is 507. The van der Waals surface area contributed by atoms with Crippen LogP contribution in [0, 0.1) is 21.8 Å². The van der Waals surface area contributed by atoms with Crippen LogP contribution >= 0.6 is 15.9 Å². The third-order valence-corrected chi connectivity index (χ3v) is 4.27. The second-order valence-corrected chi connectivity index (χ2v) is 5.93. The maximum absolute atomic E-state index is 13.6. The third-order valence-electron chi connectivity index (χ3n) is 3.66. The molecule has 110 valence electrons. The van der Waals surface area contributed by atoms with Gasteiger partial charge in [0.25, 0.3) is 5.69 Å². The van der Waals surface area contributed by atoms with Gasteiger partial charge >= 0.3 is 0 Å². The molecule has 0 aliphatic carbocycles. The lowest BCUT2D eigenvalue weighted by Gasteiger charge is -2.29. The van der Waals surface area contributed by atoms with Gasteiger partial charge in [-0.1, -0.05) is 0 Å². The molecule has 0 radical (unpaired) electrons. The number of nitro benzene ring substituents is 1. The van der Waals surface area contributed by atoms with Gasteiger partial charge in [-0.05, 0) is 54.7 Å². The maximum atomic E-state index is 13.6. The predicted molar refractivity (Wildman–Crippen MR) is 79.4 cm³/mol.